The van der Waals surface area contributed by atoms with Crippen LogP contribution in [0.1, 0.15) is 43.5 Å². The van der Waals surface area contributed by atoms with Crippen molar-refractivity contribution >= 4 is 11.8 Å². The van der Waals surface area contributed by atoms with Crippen molar-refractivity contribution < 1.29 is 14.3 Å². The van der Waals surface area contributed by atoms with E-state index < -0.39 is 0 Å². The summed E-state index contributed by atoms with van der Waals surface area (Å²) in [4.78, 5) is 28.6. The lowest BCUT2D eigenvalue weighted by Crippen LogP contribution is -2.38. The molecule has 6 nitrogen and oxygen atoms in total. The lowest BCUT2D eigenvalue weighted by Gasteiger charge is -2.27. The summed E-state index contributed by atoms with van der Waals surface area (Å²) in [7, 11) is 0. The van der Waals surface area contributed by atoms with Gasteiger partial charge in [-0.1, -0.05) is 12.1 Å². The van der Waals surface area contributed by atoms with Gasteiger partial charge in [0.25, 0.3) is 11.8 Å². The van der Waals surface area contributed by atoms with E-state index >= 15 is 0 Å². The van der Waals surface area contributed by atoms with E-state index in [0.717, 1.165) is 32.4 Å². The molecule has 6 heteroatoms. The van der Waals surface area contributed by atoms with Crippen LogP contribution >= 0.6 is 0 Å². The molecule has 1 aliphatic rings. The summed E-state index contributed by atoms with van der Waals surface area (Å²) < 4.78 is 5.69. The Labute approximate surface area is 155 Å². The molecule has 0 radical (unpaired) electrons. The van der Waals surface area contributed by atoms with Crippen molar-refractivity contribution in [1.29, 1.82) is 5.26 Å². The summed E-state index contributed by atoms with van der Waals surface area (Å²) in [6, 6.07) is 9.20. The van der Waals surface area contributed by atoms with Gasteiger partial charge < -0.3 is 14.5 Å². The van der Waals surface area contributed by atoms with Crippen LogP contribution in [0, 0.1) is 17.2 Å². The lowest BCUT2D eigenvalue weighted by molar-refractivity contribution is -0.133. The Morgan fingerprint density at radius 3 is 2.62 bits per heavy atom. The monoisotopic (exact) mass is 357 g/mol. The van der Waals surface area contributed by atoms with E-state index in [-0.39, 0.29) is 24.3 Å². The molecule has 0 aromatic heterocycles. The zero-order valence-electron chi connectivity index (χ0n) is 15.6. The molecule has 2 rings (SSSR count). The topological polar surface area (TPSA) is 73.6 Å². The molecular formula is C20H27N3O3. The molecule has 1 unspecified atom stereocenters. The number of ether oxygens (including phenoxy) is 1. The van der Waals surface area contributed by atoms with Gasteiger partial charge >= 0.3 is 0 Å². The number of nitrogens with zero attached hydrogens (tertiary/aromatic N) is 3. The van der Waals surface area contributed by atoms with Gasteiger partial charge in [0.15, 0.2) is 6.61 Å². The van der Waals surface area contributed by atoms with Gasteiger partial charge in [0.05, 0.1) is 17.6 Å². The molecule has 1 atom stereocenters. The maximum absolute atomic E-state index is 12.8. The van der Waals surface area contributed by atoms with Crippen molar-refractivity contribution in [1.82, 2.24) is 9.80 Å². The van der Waals surface area contributed by atoms with Crippen molar-refractivity contribution in [2.24, 2.45) is 5.92 Å². The van der Waals surface area contributed by atoms with E-state index in [9.17, 15) is 9.59 Å². The number of carbonyl (C=O) groups excluding carboxylic acids is 2. The summed E-state index contributed by atoms with van der Waals surface area (Å²) >= 11 is 0. The highest BCUT2D eigenvalue weighted by atomic mass is 16.5. The molecule has 0 N–H and O–H groups in total. The van der Waals surface area contributed by atoms with E-state index in [2.05, 4.69) is 6.07 Å². The number of hydrogen-bond donors (Lipinski definition) is 0. The predicted octanol–water partition coefficient (Wildman–Crippen LogP) is 2.70. The van der Waals surface area contributed by atoms with Crippen LogP contribution in [-0.4, -0.2) is 54.4 Å². The molecule has 1 fully saturated rings. The van der Waals surface area contributed by atoms with E-state index in [1.807, 2.05) is 11.8 Å². The van der Waals surface area contributed by atoms with Crippen LogP contribution < -0.4 is 4.74 Å². The highest BCUT2D eigenvalue weighted by Gasteiger charge is 2.22. The Kier molecular flexibility index (Phi) is 7.46. The van der Waals surface area contributed by atoms with Gasteiger partial charge in [-0.05, 0) is 45.2 Å². The number of likely N-dealkylation sites (tertiary alicyclic amines) is 1. The van der Waals surface area contributed by atoms with Crippen LogP contribution in [0.2, 0.25) is 0 Å². The van der Waals surface area contributed by atoms with Crippen molar-refractivity contribution in [3.05, 3.63) is 29.8 Å². The van der Waals surface area contributed by atoms with Crippen LogP contribution in [0.25, 0.3) is 0 Å². The Balaban J connectivity index is 2.02. The molecule has 0 aliphatic carbocycles. The second-order valence-electron chi connectivity index (χ2n) is 6.60. The number of carbonyl (C=O) groups is 2. The standard InChI is InChI=1S/C20H27N3O3/c1-3-22(14-16(2)13-21)19(24)15-26-18-10-6-5-9-17(18)20(25)23-11-7-4-8-12-23/h5-6,9-10,16H,3-4,7-8,11-12,14-15H2,1-2H3. The minimum Gasteiger partial charge on any atom is -0.483 e. The van der Waals surface area contributed by atoms with E-state index in [1.165, 1.54) is 0 Å². The van der Waals surface area contributed by atoms with Crippen LogP contribution in [0.15, 0.2) is 24.3 Å². The van der Waals surface area contributed by atoms with Crippen LogP contribution in [-0.2, 0) is 4.79 Å². The number of hydrogen-bond acceptors (Lipinski definition) is 4. The van der Waals surface area contributed by atoms with Crippen LogP contribution in [0.5, 0.6) is 5.75 Å². The van der Waals surface area contributed by atoms with Crippen LogP contribution in [0.4, 0.5) is 0 Å². The molecular weight excluding hydrogens is 330 g/mol. The Bertz CT molecular complexity index is 663. The number of likely N-dealkylation sites (N-methyl/N-ethyl adjacent to an activating group) is 1. The smallest absolute Gasteiger partial charge is 0.260 e. The molecule has 1 aromatic rings. The minimum atomic E-state index is -0.230. The average molecular weight is 357 g/mol. The first kappa shape index (κ1) is 19.8. The highest BCUT2D eigenvalue weighted by Crippen LogP contribution is 2.22. The molecule has 0 spiro atoms. The molecule has 1 saturated heterocycles. The number of benzene rings is 1. The van der Waals surface area contributed by atoms with E-state index in [0.29, 0.717) is 24.4 Å². The number of piperidine rings is 1. The van der Waals surface area contributed by atoms with Gasteiger partial charge in [-0.25, -0.2) is 0 Å². The van der Waals surface area contributed by atoms with Gasteiger partial charge in [0, 0.05) is 26.2 Å². The largest absolute Gasteiger partial charge is 0.483 e. The number of nitriles is 1. The van der Waals surface area contributed by atoms with Gasteiger partial charge in [0.1, 0.15) is 5.75 Å². The first-order chi connectivity index (χ1) is 12.6. The third-order valence-electron chi connectivity index (χ3n) is 4.56. The second kappa shape index (κ2) is 9.81. The zero-order valence-corrected chi connectivity index (χ0v) is 15.6. The van der Waals surface area contributed by atoms with Gasteiger partial charge in [-0.2, -0.15) is 5.26 Å². The molecule has 1 aromatic carbocycles. The first-order valence-electron chi connectivity index (χ1n) is 9.25. The highest BCUT2D eigenvalue weighted by molar-refractivity contribution is 5.97. The summed E-state index contributed by atoms with van der Waals surface area (Å²) in [6.45, 7) is 5.94. The Hall–Kier alpha value is -2.55. The van der Waals surface area contributed by atoms with Crippen molar-refractivity contribution in [3.8, 4) is 11.8 Å². The zero-order chi connectivity index (χ0) is 18.9. The minimum absolute atomic E-state index is 0.0433. The quantitative estimate of drug-likeness (QED) is 0.752. The lowest BCUT2D eigenvalue weighted by atomic mass is 10.1. The normalized spacial score (nSPS) is 15.0. The second-order valence-corrected chi connectivity index (χ2v) is 6.60. The van der Waals surface area contributed by atoms with E-state index in [4.69, 9.17) is 10.00 Å². The Morgan fingerprint density at radius 2 is 1.96 bits per heavy atom. The number of rotatable bonds is 7. The predicted molar refractivity (Wildman–Crippen MR) is 98.7 cm³/mol. The molecule has 26 heavy (non-hydrogen) atoms. The Morgan fingerprint density at radius 1 is 1.27 bits per heavy atom. The van der Waals surface area contributed by atoms with E-state index in [1.54, 1.807) is 36.1 Å². The summed E-state index contributed by atoms with van der Waals surface area (Å²) in [5.41, 5.74) is 0.496. The van der Waals surface area contributed by atoms with Crippen molar-refractivity contribution in [3.63, 3.8) is 0 Å². The van der Waals surface area contributed by atoms with Gasteiger partial charge in [-0.15, -0.1) is 0 Å². The van der Waals surface area contributed by atoms with Crippen molar-refractivity contribution in [2.75, 3.05) is 32.8 Å². The maximum atomic E-state index is 12.8. The molecule has 1 heterocycles. The molecule has 1 aliphatic heterocycles. The van der Waals surface area contributed by atoms with Gasteiger partial charge in [0.2, 0.25) is 0 Å². The summed E-state index contributed by atoms with van der Waals surface area (Å²) in [5, 5.41) is 8.93. The van der Waals surface area contributed by atoms with Crippen LogP contribution in [0.3, 0.4) is 0 Å². The van der Waals surface area contributed by atoms with Gasteiger partial charge in [-0.3, -0.25) is 9.59 Å². The SMILES string of the molecule is CCN(CC(C)C#N)C(=O)COc1ccccc1C(=O)N1CCCCC1. The fourth-order valence-corrected chi connectivity index (χ4v) is 3.05. The number of amides is 2. The van der Waals surface area contributed by atoms with Crippen molar-refractivity contribution in [2.45, 2.75) is 33.1 Å². The third-order valence-corrected chi connectivity index (χ3v) is 4.56. The third kappa shape index (κ3) is 5.22. The fraction of sp³-hybridized carbons (Fsp3) is 0.550. The summed E-state index contributed by atoms with van der Waals surface area (Å²) in [5.74, 6) is -0.0271. The summed E-state index contributed by atoms with van der Waals surface area (Å²) in [6.07, 6.45) is 3.20. The molecule has 0 saturated carbocycles. The number of para-hydroxylation sites is 1. The molecule has 0 bridgehead atoms. The fourth-order valence-electron chi connectivity index (χ4n) is 3.05. The molecule has 140 valence electrons. The maximum Gasteiger partial charge on any atom is 0.260 e. The molecule has 2 amide bonds. The first-order valence-corrected chi connectivity index (χ1v) is 9.25. The average Bonchev–Trinajstić information content (AvgIpc) is 2.70.